The number of hydrogen-bond donors (Lipinski definition) is 2. The van der Waals surface area contributed by atoms with Crippen LogP contribution in [0.25, 0.3) is 0 Å². The average Bonchev–Trinajstić information content (AvgIpc) is 2.89. The van der Waals surface area contributed by atoms with Crippen molar-refractivity contribution in [3.63, 3.8) is 0 Å². The minimum Gasteiger partial charge on any atom is -0.493 e. The number of halogens is 1. The number of H-pyrrole nitrogens is 1. The van der Waals surface area contributed by atoms with Crippen molar-refractivity contribution in [2.45, 2.75) is 13.0 Å². The van der Waals surface area contributed by atoms with Crippen LogP contribution in [0.1, 0.15) is 12.0 Å². The average molecular weight is 323 g/mol. The molecule has 0 saturated heterocycles. The summed E-state index contributed by atoms with van der Waals surface area (Å²) in [5.41, 5.74) is 1.06. The Kier molecular flexibility index (Phi) is 5.03. The molecule has 19 heavy (non-hydrogen) atoms. The van der Waals surface area contributed by atoms with Gasteiger partial charge in [0.25, 0.3) is 0 Å². The van der Waals surface area contributed by atoms with Gasteiger partial charge in [0, 0.05) is 23.4 Å². The lowest BCUT2D eigenvalue weighted by Gasteiger charge is -2.07. The lowest BCUT2D eigenvalue weighted by atomic mass is 10.3. The van der Waals surface area contributed by atoms with Crippen LogP contribution in [0.5, 0.6) is 5.75 Å². The molecule has 2 rings (SSSR count). The monoisotopic (exact) mass is 322 g/mol. The van der Waals surface area contributed by atoms with Gasteiger partial charge >= 0.3 is 0 Å². The fourth-order valence-electron chi connectivity index (χ4n) is 1.58. The van der Waals surface area contributed by atoms with Crippen LogP contribution in [-0.4, -0.2) is 17.5 Å². The van der Waals surface area contributed by atoms with Crippen LogP contribution < -0.4 is 10.1 Å². The van der Waals surface area contributed by atoms with E-state index in [2.05, 4.69) is 26.2 Å². The van der Waals surface area contributed by atoms with Gasteiger partial charge in [-0.05, 0) is 29.8 Å². The van der Waals surface area contributed by atoms with Gasteiger partial charge in [-0.2, -0.15) is 0 Å². The van der Waals surface area contributed by atoms with E-state index >= 15 is 0 Å². The third-order valence-electron chi connectivity index (χ3n) is 2.55. The largest absolute Gasteiger partial charge is 0.493 e. The Morgan fingerprint density at radius 3 is 3.00 bits per heavy atom. The molecule has 0 radical (unpaired) electrons. The standard InChI is InChI=1S/C14H15BrN2O2/c15-12-2-1-3-13(8-12)19-7-5-14(18)17-10-11-4-6-16-9-11/h1-4,6,8-9,16H,5,7,10H2,(H,17,18). The van der Waals surface area contributed by atoms with E-state index in [0.29, 0.717) is 19.6 Å². The van der Waals surface area contributed by atoms with Crippen molar-refractivity contribution in [1.29, 1.82) is 0 Å². The minimum atomic E-state index is -0.0174. The summed E-state index contributed by atoms with van der Waals surface area (Å²) in [5.74, 6) is 0.740. The molecule has 1 amide bonds. The summed E-state index contributed by atoms with van der Waals surface area (Å²) in [5, 5.41) is 2.83. The van der Waals surface area contributed by atoms with E-state index < -0.39 is 0 Å². The maximum atomic E-state index is 11.6. The first-order valence-corrected chi connectivity index (χ1v) is 6.80. The number of aromatic amines is 1. The molecular formula is C14H15BrN2O2. The molecule has 0 aliphatic heterocycles. The zero-order chi connectivity index (χ0) is 13.5. The quantitative estimate of drug-likeness (QED) is 0.859. The van der Waals surface area contributed by atoms with Crippen molar-refractivity contribution in [3.8, 4) is 5.75 Å². The van der Waals surface area contributed by atoms with Crippen molar-refractivity contribution in [2.75, 3.05) is 6.61 Å². The van der Waals surface area contributed by atoms with Gasteiger partial charge in [0.05, 0.1) is 13.0 Å². The fourth-order valence-corrected chi connectivity index (χ4v) is 1.95. The number of hydrogen-bond acceptors (Lipinski definition) is 2. The fraction of sp³-hybridized carbons (Fsp3) is 0.214. The highest BCUT2D eigenvalue weighted by Crippen LogP contribution is 2.17. The Balaban J connectivity index is 1.66. The molecule has 1 aromatic carbocycles. The Morgan fingerprint density at radius 2 is 2.26 bits per heavy atom. The molecule has 0 atom stereocenters. The van der Waals surface area contributed by atoms with Gasteiger partial charge in [-0.25, -0.2) is 0 Å². The molecule has 1 heterocycles. The van der Waals surface area contributed by atoms with Crippen molar-refractivity contribution >= 4 is 21.8 Å². The van der Waals surface area contributed by atoms with E-state index in [-0.39, 0.29) is 5.91 Å². The van der Waals surface area contributed by atoms with E-state index in [1.165, 1.54) is 0 Å². The molecule has 0 aliphatic rings. The SMILES string of the molecule is O=C(CCOc1cccc(Br)c1)NCc1cc[nH]c1. The second-order valence-corrected chi connectivity index (χ2v) is 4.97. The van der Waals surface area contributed by atoms with E-state index in [9.17, 15) is 4.79 Å². The van der Waals surface area contributed by atoms with Crippen molar-refractivity contribution in [1.82, 2.24) is 10.3 Å². The first-order valence-electron chi connectivity index (χ1n) is 6.01. The van der Waals surface area contributed by atoms with Crippen molar-refractivity contribution in [2.24, 2.45) is 0 Å². The van der Waals surface area contributed by atoms with Crippen LogP contribution in [0.15, 0.2) is 47.2 Å². The maximum absolute atomic E-state index is 11.6. The highest BCUT2D eigenvalue weighted by atomic mass is 79.9. The molecule has 0 bridgehead atoms. The van der Waals surface area contributed by atoms with Crippen LogP contribution in [-0.2, 0) is 11.3 Å². The molecule has 0 saturated carbocycles. The van der Waals surface area contributed by atoms with Gasteiger partial charge in [0.2, 0.25) is 5.91 Å². The zero-order valence-corrected chi connectivity index (χ0v) is 11.9. The highest BCUT2D eigenvalue weighted by Gasteiger charge is 2.02. The summed E-state index contributed by atoms with van der Waals surface area (Å²) in [6.07, 6.45) is 4.03. The summed E-state index contributed by atoms with van der Waals surface area (Å²) >= 11 is 3.37. The topological polar surface area (TPSA) is 54.1 Å². The second-order valence-electron chi connectivity index (χ2n) is 4.05. The zero-order valence-electron chi connectivity index (χ0n) is 10.4. The number of carbonyl (C=O) groups is 1. The van der Waals surface area contributed by atoms with Crippen molar-refractivity contribution < 1.29 is 9.53 Å². The van der Waals surface area contributed by atoms with Gasteiger partial charge in [-0.3, -0.25) is 4.79 Å². The minimum absolute atomic E-state index is 0.0174. The van der Waals surface area contributed by atoms with E-state index in [4.69, 9.17) is 4.74 Å². The number of carbonyl (C=O) groups excluding carboxylic acids is 1. The number of aromatic nitrogens is 1. The molecule has 0 spiro atoms. The Morgan fingerprint density at radius 1 is 1.37 bits per heavy atom. The van der Waals surface area contributed by atoms with Crippen LogP contribution in [0.4, 0.5) is 0 Å². The third kappa shape index (κ3) is 4.79. The van der Waals surface area contributed by atoms with Crippen molar-refractivity contribution in [3.05, 3.63) is 52.8 Å². The van der Waals surface area contributed by atoms with Gasteiger partial charge < -0.3 is 15.0 Å². The molecule has 1 aromatic heterocycles. The van der Waals surface area contributed by atoms with Gasteiger partial charge in [0.15, 0.2) is 0 Å². The number of rotatable bonds is 6. The van der Waals surface area contributed by atoms with Crippen LogP contribution in [0.2, 0.25) is 0 Å². The summed E-state index contributed by atoms with van der Waals surface area (Å²) in [7, 11) is 0. The number of nitrogens with one attached hydrogen (secondary N) is 2. The van der Waals surface area contributed by atoms with Crippen LogP contribution in [0, 0.1) is 0 Å². The summed E-state index contributed by atoms with van der Waals surface area (Å²) in [6.45, 7) is 0.911. The Labute approximate surface area is 120 Å². The first-order chi connectivity index (χ1) is 9.24. The molecule has 0 unspecified atom stereocenters. The molecular weight excluding hydrogens is 308 g/mol. The first kappa shape index (κ1) is 13.7. The predicted octanol–water partition coefficient (Wildman–Crippen LogP) is 2.86. The predicted molar refractivity (Wildman–Crippen MR) is 76.9 cm³/mol. The molecule has 0 aliphatic carbocycles. The van der Waals surface area contributed by atoms with E-state index in [0.717, 1.165) is 15.8 Å². The Hall–Kier alpha value is -1.75. The molecule has 2 aromatic rings. The normalized spacial score (nSPS) is 10.2. The maximum Gasteiger partial charge on any atom is 0.223 e. The van der Waals surface area contributed by atoms with E-state index in [1.54, 1.807) is 0 Å². The van der Waals surface area contributed by atoms with Crippen LogP contribution in [0.3, 0.4) is 0 Å². The van der Waals surface area contributed by atoms with Crippen LogP contribution >= 0.6 is 15.9 Å². The van der Waals surface area contributed by atoms with Gasteiger partial charge in [-0.1, -0.05) is 22.0 Å². The number of amides is 1. The number of benzene rings is 1. The molecule has 4 nitrogen and oxygen atoms in total. The lowest BCUT2D eigenvalue weighted by molar-refractivity contribution is -0.121. The smallest absolute Gasteiger partial charge is 0.223 e. The summed E-state index contributed by atoms with van der Waals surface area (Å²) in [6, 6.07) is 9.49. The second kappa shape index (κ2) is 6.99. The third-order valence-corrected chi connectivity index (χ3v) is 3.04. The summed E-state index contributed by atoms with van der Waals surface area (Å²) < 4.78 is 6.46. The molecule has 5 heteroatoms. The van der Waals surface area contributed by atoms with Gasteiger partial charge in [0.1, 0.15) is 5.75 Å². The highest BCUT2D eigenvalue weighted by molar-refractivity contribution is 9.10. The van der Waals surface area contributed by atoms with E-state index in [1.807, 2.05) is 42.7 Å². The molecule has 2 N–H and O–H groups in total. The lowest BCUT2D eigenvalue weighted by Crippen LogP contribution is -2.24. The van der Waals surface area contributed by atoms with Gasteiger partial charge in [-0.15, -0.1) is 0 Å². The molecule has 0 fully saturated rings. The number of ether oxygens (including phenoxy) is 1. The molecule has 100 valence electrons. The summed E-state index contributed by atoms with van der Waals surface area (Å²) in [4.78, 5) is 14.5. The Bertz CT molecular complexity index is 526.